The number of rotatable bonds is 6. The highest BCUT2D eigenvalue weighted by Crippen LogP contribution is 2.42. The largest absolute Gasteiger partial charge is 0.481 e. The Bertz CT molecular complexity index is 952. The molecule has 2 aliphatic rings. The fourth-order valence-corrected chi connectivity index (χ4v) is 5.12. The van der Waals surface area contributed by atoms with E-state index in [0.29, 0.717) is 12.8 Å². The van der Waals surface area contributed by atoms with E-state index in [1.54, 1.807) is 6.92 Å². The zero-order valence-electron chi connectivity index (χ0n) is 19.9. The highest BCUT2D eigenvalue weighted by atomic mass is 19.4. The summed E-state index contributed by atoms with van der Waals surface area (Å²) in [4.78, 5) is 41.8. The lowest BCUT2D eigenvalue weighted by Gasteiger charge is -2.48. The summed E-state index contributed by atoms with van der Waals surface area (Å²) in [6, 6.07) is 2.93. The van der Waals surface area contributed by atoms with Gasteiger partial charge < -0.3 is 20.2 Å². The first-order valence-corrected chi connectivity index (χ1v) is 11.5. The van der Waals surface area contributed by atoms with Gasteiger partial charge in [-0.3, -0.25) is 14.4 Å². The average Bonchev–Trinajstić information content (AvgIpc) is 3.12. The van der Waals surface area contributed by atoms with E-state index in [1.165, 1.54) is 11.0 Å². The highest BCUT2D eigenvalue weighted by molar-refractivity contribution is 5.98. The van der Waals surface area contributed by atoms with Crippen LogP contribution < -0.4 is 5.32 Å². The van der Waals surface area contributed by atoms with E-state index in [1.807, 2.05) is 20.9 Å². The molecule has 188 valence electrons. The SMILES string of the molecule is CC(C)N(C)[C@@H]1CC[C@H](N2CC[C@H](NC(=O)c3cccc(C(F)(F)F)c3)C2=O)[C@@](C)(C(=O)O)C1. The number of nitrogens with one attached hydrogen (secondary N) is 1. The third-order valence-corrected chi connectivity index (χ3v) is 7.42. The van der Waals surface area contributed by atoms with Gasteiger partial charge in [-0.05, 0) is 71.7 Å². The summed E-state index contributed by atoms with van der Waals surface area (Å²) >= 11 is 0. The molecule has 1 aliphatic heterocycles. The lowest BCUT2D eigenvalue weighted by molar-refractivity contribution is -0.159. The molecule has 10 heteroatoms. The molecule has 1 aliphatic carbocycles. The van der Waals surface area contributed by atoms with Crippen LogP contribution in [0, 0.1) is 5.41 Å². The number of likely N-dealkylation sites (tertiary alicyclic amines) is 1. The second-order valence-electron chi connectivity index (χ2n) is 9.86. The van der Waals surface area contributed by atoms with E-state index in [9.17, 15) is 32.7 Å². The maximum Gasteiger partial charge on any atom is 0.416 e. The summed E-state index contributed by atoms with van der Waals surface area (Å²) in [6.45, 7) is 6.05. The number of alkyl halides is 3. The Labute approximate surface area is 197 Å². The van der Waals surface area contributed by atoms with Crippen LogP contribution in [0.25, 0.3) is 0 Å². The van der Waals surface area contributed by atoms with Crippen molar-refractivity contribution >= 4 is 17.8 Å². The maximum atomic E-state index is 13.2. The van der Waals surface area contributed by atoms with Crippen LogP contribution in [0.2, 0.25) is 0 Å². The van der Waals surface area contributed by atoms with Crippen molar-refractivity contribution in [1.82, 2.24) is 15.1 Å². The van der Waals surface area contributed by atoms with Gasteiger partial charge in [0.25, 0.3) is 5.91 Å². The van der Waals surface area contributed by atoms with E-state index >= 15 is 0 Å². The third-order valence-electron chi connectivity index (χ3n) is 7.42. The Kier molecular flexibility index (Phi) is 7.31. The topological polar surface area (TPSA) is 90.0 Å². The van der Waals surface area contributed by atoms with E-state index in [0.717, 1.165) is 24.6 Å². The van der Waals surface area contributed by atoms with Gasteiger partial charge in [-0.15, -0.1) is 0 Å². The lowest BCUT2D eigenvalue weighted by Crippen LogP contribution is -2.58. The second kappa shape index (κ2) is 9.56. The first-order valence-electron chi connectivity index (χ1n) is 11.5. The number of hydrogen-bond acceptors (Lipinski definition) is 4. The van der Waals surface area contributed by atoms with Crippen LogP contribution >= 0.6 is 0 Å². The summed E-state index contributed by atoms with van der Waals surface area (Å²) in [7, 11) is 1.97. The Balaban J connectivity index is 1.73. The zero-order chi connectivity index (χ0) is 25.4. The van der Waals surface area contributed by atoms with Crippen LogP contribution in [0.1, 0.15) is 62.4 Å². The number of carbonyl (C=O) groups is 3. The Morgan fingerprint density at radius 1 is 1.24 bits per heavy atom. The molecule has 2 fully saturated rings. The predicted octanol–water partition coefficient (Wildman–Crippen LogP) is 3.39. The van der Waals surface area contributed by atoms with Gasteiger partial charge >= 0.3 is 12.1 Å². The number of carboxylic acids is 1. The van der Waals surface area contributed by atoms with Crippen molar-refractivity contribution in [2.45, 2.75) is 76.8 Å². The van der Waals surface area contributed by atoms with Gasteiger partial charge in [-0.25, -0.2) is 0 Å². The van der Waals surface area contributed by atoms with Crippen LogP contribution in [-0.4, -0.2) is 70.4 Å². The minimum atomic E-state index is -4.58. The van der Waals surface area contributed by atoms with Crippen molar-refractivity contribution < 1.29 is 32.7 Å². The third kappa shape index (κ3) is 5.06. The molecule has 0 unspecified atom stereocenters. The molecule has 7 nitrogen and oxygen atoms in total. The first-order chi connectivity index (χ1) is 15.8. The smallest absolute Gasteiger partial charge is 0.416 e. The number of nitrogens with zero attached hydrogens (tertiary/aromatic N) is 2. The standard InChI is InChI=1S/C24H32F3N3O4/c1-14(2)29(4)17-8-9-19(23(3,13-17)22(33)34)30-11-10-18(21(30)32)28-20(31)15-6-5-7-16(12-15)24(25,26)27/h5-7,12,14,17-19H,8-11,13H2,1-4H3,(H,28,31)(H,33,34)/t17-,18+,19+,23+/m1/s1. The number of carboxylic acid groups (broad SMARTS) is 1. The molecule has 0 bridgehead atoms. The molecule has 0 aromatic heterocycles. The van der Waals surface area contributed by atoms with Crippen LogP contribution in [0.15, 0.2) is 24.3 Å². The Hall–Kier alpha value is -2.62. The normalized spacial score (nSPS) is 28.0. The van der Waals surface area contributed by atoms with Gasteiger partial charge in [-0.1, -0.05) is 6.07 Å². The van der Waals surface area contributed by atoms with Crippen molar-refractivity contribution in [2.75, 3.05) is 13.6 Å². The molecule has 0 radical (unpaired) electrons. The van der Waals surface area contributed by atoms with Crippen LogP contribution in [0.3, 0.4) is 0 Å². The van der Waals surface area contributed by atoms with Crippen molar-refractivity contribution in [3.8, 4) is 0 Å². The summed E-state index contributed by atoms with van der Waals surface area (Å²) in [5.41, 5.74) is -2.28. The monoisotopic (exact) mass is 483 g/mol. The van der Waals surface area contributed by atoms with Crippen LogP contribution in [0.4, 0.5) is 13.2 Å². The highest BCUT2D eigenvalue weighted by Gasteiger charge is 2.52. The molecule has 0 spiro atoms. The summed E-state index contributed by atoms with van der Waals surface area (Å²) in [6.07, 6.45) is -2.66. The Morgan fingerprint density at radius 3 is 2.50 bits per heavy atom. The molecule has 3 rings (SSSR count). The van der Waals surface area contributed by atoms with Crippen molar-refractivity contribution in [1.29, 1.82) is 0 Å². The average molecular weight is 484 g/mol. The number of amides is 2. The van der Waals surface area contributed by atoms with Crippen molar-refractivity contribution in [3.05, 3.63) is 35.4 Å². The van der Waals surface area contributed by atoms with Crippen molar-refractivity contribution in [3.63, 3.8) is 0 Å². The minimum Gasteiger partial charge on any atom is -0.481 e. The van der Waals surface area contributed by atoms with Crippen LogP contribution in [-0.2, 0) is 15.8 Å². The quantitative estimate of drug-likeness (QED) is 0.648. The molecule has 1 aromatic rings. The molecule has 2 N–H and O–H groups in total. The van der Waals surface area contributed by atoms with Crippen LogP contribution in [0.5, 0.6) is 0 Å². The molecular formula is C24H32F3N3O4. The predicted molar refractivity (Wildman–Crippen MR) is 119 cm³/mol. The molecule has 1 aromatic carbocycles. The molecule has 34 heavy (non-hydrogen) atoms. The van der Waals surface area contributed by atoms with Gasteiger partial charge in [0.05, 0.1) is 11.0 Å². The van der Waals surface area contributed by atoms with E-state index in [-0.39, 0.29) is 30.6 Å². The van der Waals surface area contributed by atoms with E-state index in [2.05, 4.69) is 10.2 Å². The molecule has 4 atom stereocenters. The lowest BCUT2D eigenvalue weighted by atomic mass is 9.68. The van der Waals surface area contributed by atoms with Gasteiger partial charge in [-0.2, -0.15) is 13.2 Å². The molecule has 2 amide bonds. The molecule has 1 saturated carbocycles. The van der Waals surface area contributed by atoms with E-state index in [4.69, 9.17) is 0 Å². The first kappa shape index (κ1) is 26.0. The number of hydrogen-bond donors (Lipinski definition) is 2. The van der Waals surface area contributed by atoms with Gasteiger partial charge in [0, 0.05) is 30.2 Å². The molecular weight excluding hydrogens is 451 g/mol. The summed E-state index contributed by atoms with van der Waals surface area (Å²) in [5.74, 6) is -2.13. The molecule has 1 heterocycles. The van der Waals surface area contributed by atoms with Gasteiger partial charge in [0.15, 0.2) is 0 Å². The minimum absolute atomic E-state index is 0.0754. The van der Waals surface area contributed by atoms with Gasteiger partial charge in [0.2, 0.25) is 5.91 Å². The fraction of sp³-hybridized carbons (Fsp3) is 0.625. The molecule has 1 saturated heterocycles. The number of aliphatic carboxylic acids is 1. The second-order valence-corrected chi connectivity index (χ2v) is 9.86. The number of carbonyl (C=O) groups excluding carboxylic acids is 2. The van der Waals surface area contributed by atoms with Gasteiger partial charge in [0.1, 0.15) is 6.04 Å². The van der Waals surface area contributed by atoms with Crippen molar-refractivity contribution in [2.24, 2.45) is 5.41 Å². The summed E-state index contributed by atoms with van der Waals surface area (Å²) in [5, 5.41) is 12.6. The number of halogens is 3. The fourth-order valence-electron chi connectivity index (χ4n) is 5.12. The number of benzene rings is 1. The summed E-state index contributed by atoms with van der Waals surface area (Å²) < 4.78 is 38.9. The Morgan fingerprint density at radius 2 is 1.91 bits per heavy atom. The zero-order valence-corrected chi connectivity index (χ0v) is 19.9. The van der Waals surface area contributed by atoms with E-state index < -0.39 is 47.0 Å². The maximum absolute atomic E-state index is 13.2.